The summed E-state index contributed by atoms with van der Waals surface area (Å²) in [6, 6.07) is 12.1. The fraction of sp³-hybridized carbons (Fsp3) is 0.318. The number of ether oxygens (including phenoxy) is 1. The number of para-hydroxylation sites is 1. The first-order chi connectivity index (χ1) is 14.9. The highest BCUT2D eigenvalue weighted by molar-refractivity contribution is 5.95. The van der Waals surface area contributed by atoms with Gasteiger partial charge in [-0.1, -0.05) is 25.1 Å². The minimum atomic E-state index is -0.540. The number of nitro benzene ring substituents is 1. The molecule has 0 fully saturated rings. The molecule has 1 unspecified atom stereocenters. The molecule has 0 N–H and O–H groups in total. The standard InChI is InChI=1S/C22H24N4O5/c1-4-19(20-23-18-11-6-5-10-17(18)22(28)24(20)2)25(12-13-31-3)21(27)15-8-7-9-16(14-15)26(29)30/h5-11,14,19H,4,12-13H2,1-3H3. The minimum absolute atomic E-state index is 0.165. The third-order valence-corrected chi connectivity index (χ3v) is 5.18. The number of aromatic nitrogens is 2. The lowest BCUT2D eigenvalue weighted by Crippen LogP contribution is -2.40. The van der Waals surface area contributed by atoms with E-state index in [1.807, 2.05) is 6.92 Å². The van der Waals surface area contributed by atoms with Gasteiger partial charge < -0.3 is 9.64 Å². The lowest BCUT2D eigenvalue weighted by atomic mass is 10.1. The molecule has 0 aliphatic carbocycles. The van der Waals surface area contributed by atoms with Crippen molar-refractivity contribution in [2.45, 2.75) is 19.4 Å². The monoisotopic (exact) mass is 424 g/mol. The molecule has 0 saturated carbocycles. The summed E-state index contributed by atoms with van der Waals surface area (Å²) in [6.07, 6.45) is 0.489. The van der Waals surface area contributed by atoms with E-state index in [0.29, 0.717) is 23.1 Å². The van der Waals surface area contributed by atoms with Crippen molar-refractivity contribution in [1.82, 2.24) is 14.5 Å². The summed E-state index contributed by atoms with van der Waals surface area (Å²) in [5.41, 5.74) is 0.374. The van der Waals surface area contributed by atoms with Crippen LogP contribution in [-0.2, 0) is 11.8 Å². The second-order valence-electron chi connectivity index (χ2n) is 7.07. The number of carbonyl (C=O) groups excluding carboxylic acids is 1. The molecule has 0 spiro atoms. The van der Waals surface area contributed by atoms with E-state index in [2.05, 4.69) is 4.98 Å². The van der Waals surface area contributed by atoms with Crippen LogP contribution in [0.3, 0.4) is 0 Å². The second-order valence-corrected chi connectivity index (χ2v) is 7.07. The van der Waals surface area contributed by atoms with Crippen LogP contribution in [0.5, 0.6) is 0 Å². The lowest BCUT2D eigenvalue weighted by molar-refractivity contribution is -0.384. The number of rotatable bonds is 8. The average molecular weight is 424 g/mol. The molecule has 0 aliphatic heterocycles. The van der Waals surface area contributed by atoms with Gasteiger partial charge in [-0.2, -0.15) is 0 Å². The van der Waals surface area contributed by atoms with E-state index in [9.17, 15) is 19.7 Å². The fourth-order valence-corrected chi connectivity index (χ4v) is 3.58. The summed E-state index contributed by atoms with van der Waals surface area (Å²) in [4.78, 5) is 43.1. The van der Waals surface area contributed by atoms with Gasteiger partial charge in [0.25, 0.3) is 17.2 Å². The Morgan fingerprint density at radius 1 is 1.26 bits per heavy atom. The van der Waals surface area contributed by atoms with Gasteiger partial charge in [-0.05, 0) is 24.6 Å². The van der Waals surface area contributed by atoms with Gasteiger partial charge in [0.05, 0.1) is 28.5 Å². The summed E-state index contributed by atoms with van der Waals surface area (Å²) >= 11 is 0. The zero-order chi connectivity index (χ0) is 22.5. The highest BCUT2D eigenvalue weighted by atomic mass is 16.6. The Morgan fingerprint density at radius 2 is 2.00 bits per heavy atom. The Labute approximate surface area is 179 Å². The quantitative estimate of drug-likeness (QED) is 0.406. The predicted molar refractivity (Wildman–Crippen MR) is 116 cm³/mol. The molecule has 31 heavy (non-hydrogen) atoms. The van der Waals surface area contributed by atoms with E-state index in [1.54, 1.807) is 36.2 Å². The number of non-ortho nitro benzene ring substituents is 1. The third kappa shape index (κ3) is 4.46. The number of nitro groups is 1. The van der Waals surface area contributed by atoms with Crippen LogP contribution in [-0.4, -0.2) is 45.5 Å². The minimum Gasteiger partial charge on any atom is -0.383 e. The van der Waals surface area contributed by atoms with E-state index < -0.39 is 16.9 Å². The molecule has 9 nitrogen and oxygen atoms in total. The van der Waals surface area contributed by atoms with Crippen LogP contribution in [0, 0.1) is 10.1 Å². The smallest absolute Gasteiger partial charge is 0.270 e. The summed E-state index contributed by atoms with van der Waals surface area (Å²) in [5.74, 6) is 0.0519. The van der Waals surface area contributed by atoms with Gasteiger partial charge in [0.15, 0.2) is 0 Å². The number of nitrogens with zero attached hydrogens (tertiary/aromatic N) is 4. The largest absolute Gasteiger partial charge is 0.383 e. The van der Waals surface area contributed by atoms with Crippen molar-refractivity contribution < 1.29 is 14.5 Å². The Bertz CT molecular complexity index is 1170. The molecule has 162 valence electrons. The zero-order valence-corrected chi connectivity index (χ0v) is 17.6. The number of benzene rings is 2. The topological polar surface area (TPSA) is 108 Å². The van der Waals surface area contributed by atoms with Crippen LogP contribution < -0.4 is 5.56 Å². The summed E-state index contributed by atoms with van der Waals surface area (Å²) in [5, 5.41) is 11.6. The summed E-state index contributed by atoms with van der Waals surface area (Å²) in [6.45, 7) is 2.39. The van der Waals surface area contributed by atoms with Crippen LogP contribution in [0.15, 0.2) is 53.3 Å². The van der Waals surface area contributed by atoms with Crippen LogP contribution in [0.25, 0.3) is 10.9 Å². The first kappa shape index (κ1) is 22.1. The van der Waals surface area contributed by atoms with Crippen LogP contribution in [0.1, 0.15) is 35.6 Å². The Kier molecular flexibility index (Phi) is 6.76. The van der Waals surface area contributed by atoms with Gasteiger partial charge in [0.2, 0.25) is 0 Å². The maximum Gasteiger partial charge on any atom is 0.270 e. The highest BCUT2D eigenvalue weighted by Crippen LogP contribution is 2.26. The van der Waals surface area contributed by atoms with E-state index >= 15 is 0 Å². The summed E-state index contributed by atoms with van der Waals surface area (Å²) < 4.78 is 6.64. The second kappa shape index (κ2) is 9.48. The molecule has 3 aromatic rings. The van der Waals surface area contributed by atoms with Gasteiger partial charge in [-0.3, -0.25) is 24.3 Å². The van der Waals surface area contributed by atoms with Gasteiger partial charge in [-0.25, -0.2) is 4.98 Å². The Morgan fingerprint density at radius 3 is 2.68 bits per heavy atom. The van der Waals surface area contributed by atoms with Crippen molar-refractivity contribution in [3.05, 3.63) is 80.4 Å². The number of hydrogen-bond donors (Lipinski definition) is 0. The predicted octanol–water partition coefficient (Wildman–Crippen LogP) is 3.08. The van der Waals surface area contributed by atoms with Crippen molar-refractivity contribution in [2.24, 2.45) is 7.05 Å². The number of carbonyl (C=O) groups is 1. The zero-order valence-electron chi connectivity index (χ0n) is 17.6. The molecule has 9 heteroatoms. The Balaban J connectivity index is 2.10. The van der Waals surface area contributed by atoms with E-state index in [1.165, 1.54) is 35.9 Å². The van der Waals surface area contributed by atoms with Crippen LogP contribution in [0.2, 0.25) is 0 Å². The normalized spacial score (nSPS) is 12.0. The Hall–Kier alpha value is -3.59. The highest BCUT2D eigenvalue weighted by Gasteiger charge is 2.29. The molecule has 1 heterocycles. The SMILES string of the molecule is CCC(c1nc2ccccc2c(=O)n1C)N(CCOC)C(=O)c1cccc([N+](=O)[O-])c1. The first-order valence-electron chi connectivity index (χ1n) is 9.89. The van der Waals surface area contributed by atoms with Gasteiger partial charge in [-0.15, -0.1) is 0 Å². The molecule has 0 radical (unpaired) electrons. The van der Waals surface area contributed by atoms with Crippen LogP contribution in [0.4, 0.5) is 5.69 Å². The lowest BCUT2D eigenvalue weighted by Gasteiger charge is -2.31. The van der Waals surface area contributed by atoms with E-state index in [4.69, 9.17) is 4.74 Å². The number of hydrogen-bond acceptors (Lipinski definition) is 6. The molecule has 1 amide bonds. The molecule has 0 saturated heterocycles. The van der Waals surface area contributed by atoms with Gasteiger partial charge in [0, 0.05) is 38.4 Å². The maximum atomic E-state index is 13.4. The molecule has 1 atom stereocenters. The summed E-state index contributed by atoms with van der Waals surface area (Å²) in [7, 11) is 3.16. The molecule has 0 bridgehead atoms. The van der Waals surface area contributed by atoms with Gasteiger partial charge >= 0.3 is 0 Å². The average Bonchev–Trinajstić information content (AvgIpc) is 2.79. The molecular formula is C22H24N4O5. The van der Waals surface area contributed by atoms with Crippen molar-refractivity contribution in [1.29, 1.82) is 0 Å². The van der Waals surface area contributed by atoms with E-state index in [0.717, 1.165) is 0 Å². The van der Waals surface area contributed by atoms with Crippen LogP contribution >= 0.6 is 0 Å². The van der Waals surface area contributed by atoms with Crippen molar-refractivity contribution >= 4 is 22.5 Å². The maximum absolute atomic E-state index is 13.4. The van der Waals surface area contributed by atoms with E-state index in [-0.39, 0.29) is 30.0 Å². The van der Waals surface area contributed by atoms with Crippen molar-refractivity contribution in [3.8, 4) is 0 Å². The molecule has 1 aromatic heterocycles. The van der Waals surface area contributed by atoms with Crippen molar-refractivity contribution in [3.63, 3.8) is 0 Å². The molecule has 3 rings (SSSR count). The number of fused-ring (bicyclic) bond motifs is 1. The molecule has 2 aromatic carbocycles. The fourth-order valence-electron chi connectivity index (χ4n) is 3.58. The molecule has 0 aliphatic rings. The van der Waals surface area contributed by atoms with Crippen molar-refractivity contribution in [2.75, 3.05) is 20.3 Å². The first-order valence-corrected chi connectivity index (χ1v) is 9.89. The number of methoxy groups -OCH3 is 1. The third-order valence-electron chi connectivity index (χ3n) is 5.18. The number of amides is 1. The van der Waals surface area contributed by atoms with Gasteiger partial charge in [0.1, 0.15) is 5.82 Å². The molecular weight excluding hydrogens is 400 g/mol.